The topological polar surface area (TPSA) is 141 Å². The van der Waals surface area contributed by atoms with Crippen molar-refractivity contribution in [3.8, 4) is 12.1 Å². The lowest BCUT2D eigenvalue weighted by molar-refractivity contribution is -0.118. The van der Waals surface area contributed by atoms with Gasteiger partial charge in [0.2, 0.25) is 11.9 Å². The number of carbonyl (C=O) groups excluding carboxylic acids is 2. The molecule has 0 spiro atoms. The molecule has 0 bridgehead atoms. The summed E-state index contributed by atoms with van der Waals surface area (Å²) in [5.74, 6) is 0.820. The standard InChI is InChI=1S/C27H23ClN8O2/c1-14(18-10-31-27(32-11-18)35-12-17-6-22(17)26(35)38)36-13-23(24(9-30)34-36)25(37)33-20-4-16(5-20)21-7-19(28)3-2-15(21)8-29/h2-3,7,10-11,13-14,16-17,20,22H,4-6,12H2,1H3,(H,33,37)/t14-,16-,17+,20+,22+/m0/s1. The number of piperidine rings is 1. The molecule has 1 saturated heterocycles. The second-order valence-corrected chi connectivity index (χ2v) is 10.6. The van der Waals surface area contributed by atoms with Crippen molar-refractivity contribution in [3.05, 3.63) is 69.8 Å². The van der Waals surface area contributed by atoms with Crippen LogP contribution in [0.2, 0.25) is 5.02 Å². The number of halogens is 1. The van der Waals surface area contributed by atoms with E-state index in [9.17, 15) is 20.1 Å². The van der Waals surface area contributed by atoms with E-state index in [4.69, 9.17) is 11.6 Å². The molecule has 2 amide bonds. The van der Waals surface area contributed by atoms with Crippen LogP contribution in [0.15, 0.2) is 36.8 Å². The highest BCUT2D eigenvalue weighted by atomic mass is 35.5. The second kappa shape index (κ2) is 9.23. The molecule has 0 radical (unpaired) electrons. The molecule has 1 N–H and O–H groups in total. The van der Waals surface area contributed by atoms with E-state index in [1.165, 1.54) is 0 Å². The molecule has 6 rings (SSSR count). The summed E-state index contributed by atoms with van der Waals surface area (Å²) >= 11 is 6.11. The summed E-state index contributed by atoms with van der Waals surface area (Å²) in [7, 11) is 0. The van der Waals surface area contributed by atoms with Gasteiger partial charge in [0.25, 0.3) is 5.91 Å². The zero-order valence-electron chi connectivity index (χ0n) is 20.5. The van der Waals surface area contributed by atoms with Gasteiger partial charge < -0.3 is 5.32 Å². The van der Waals surface area contributed by atoms with Crippen LogP contribution < -0.4 is 10.2 Å². The monoisotopic (exact) mass is 526 g/mol. The number of benzene rings is 1. The van der Waals surface area contributed by atoms with Crippen LogP contribution in [0.4, 0.5) is 5.95 Å². The van der Waals surface area contributed by atoms with Crippen LogP contribution in [-0.4, -0.2) is 44.1 Å². The van der Waals surface area contributed by atoms with Crippen molar-refractivity contribution in [2.24, 2.45) is 11.8 Å². The number of aromatic nitrogens is 4. The minimum absolute atomic E-state index is 0.0336. The predicted molar refractivity (Wildman–Crippen MR) is 136 cm³/mol. The Kier molecular flexibility index (Phi) is 5.85. The van der Waals surface area contributed by atoms with E-state index in [2.05, 4.69) is 26.5 Å². The Balaban J connectivity index is 1.11. The number of amides is 2. The van der Waals surface area contributed by atoms with Gasteiger partial charge in [-0.15, -0.1) is 0 Å². The van der Waals surface area contributed by atoms with Gasteiger partial charge in [0.1, 0.15) is 6.07 Å². The number of nitriles is 2. The van der Waals surface area contributed by atoms with Crippen LogP contribution in [0.25, 0.3) is 0 Å². The fourth-order valence-corrected chi connectivity index (χ4v) is 5.54. The van der Waals surface area contributed by atoms with E-state index in [1.807, 2.05) is 19.1 Å². The molecular formula is C27H23ClN8O2. The summed E-state index contributed by atoms with van der Waals surface area (Å²) in [5.41, 5.74) is 2.45. The molecule has 3 atom stereocenters. The fraction of sp³-hybridized carbons (Fsp3) is 0.370. The Morgan fingerprint density at radius 3 is 2.61 bits per heavy atom. The molecule has 3 aromatic rings. The van der Waals surface area contributed by atoms with Gasteiger partial charge in [-0.3, -0.25) is 19.2 Å². The Bertz CT molecular complexity index is 1530. The third kappa shape index (κ3) is 4.17. The zero-order valence-corrected chi connectivity index (χ0v) is 21.3. The minimum Gasteiger partial charge on any atom is -0.349 e. The Labute approximate surface area is 223 Å². The van der Waals surface area contributed by atoms with Crippen molar-refractivity contribution in [2.45, 2.75) is 44.2 Å². The van der Waals surface area contributed by atoms with Crippen LogP contribution in [0.5, 0.6) is 0 Å². The molecule has 3 fully saturated rings. The van der Waals surface area contributed by atoms with Gasteiger partial charge in [0, 0.05) is 47.7 Å². The lowest BCUT2D eigenvalue weighted by atomic mass is 9.74. The van der Waals surface area contributed by atoms with Crippen LogP contribution in [0, 0.1) is 34.5 Å². The van der Waals surface area contributed by atoms with Crippen LogP contribution in [0.1, 0.15) is 70.9 Å². The lowest BCUT2D eigenvalue weighted by Gasteiger charge is -2.36. The van der Waals surface area contributed by atoms with Crippen molar-refractivity contribution >= 4 is 29.4 Å². The van der Waals surface area contributed by atoms with Crippen LogP contribution in [0.3, 0.4) is 0 Å². The molecule has 3 heterocycles. The third-order valence-electron chi connectivity index (χ3n) is 7.83. The highest BCUT2D eigenvalue weighted by molar-refractivity contribution is 6.30. The smallest absolute Gasteiger partial charge is 0.256 e. The number of rotatable bonds is 6. The molecule has 190 valence electrons. The van der Waals surface area contributed by atoms with Gasteiger partial charge >= 0.3 is 0 Å². The molecular weight excluding hydrogens is 504 g/mol. The summed E-state index contributed by atoms with van der Waals surface area (Å²) in [6.07, 6.45) is 7.18. The summed E-state index contributed by atoms with van der Waals surface area (Å²) in [5, 5.41) is 26.9. The Hall–Kier alpha value is -4.28. The van der Waals surface area contributed by atoms with Gasteiger partial charge in [-0.25, -0.2) is 9.97 Å². The number of nitrogens with one attached hydrogen (secondary N) is 1. The molecule has 38 heavy (non-hydrogen) atoms. The summed E-state index contributed by atoms with van der Waals surface area (Å²) in [6, 6.07) is 9.01. The van der Waals surface area contributed by atoms with E-state index in [-0.39, 0.29) is 47.0 Å². The number of hydrogen-bond donors (Lipinski definition) is 1. The quantitative estimate of drug-likeness (QED) is 0.519. The highest BCUT2D eigenvalue weighted by Gasteiger charge is 2.53. The molecule has 2 aliphatic carbocycles. The summed E-state index contributed by atoms with van der Waals surface area (Å²) in [6.45, 7) is 2.54. The van der Waals surface area contributed by atoms with Gasteiger partial charge in [-0.2, -0.15) is 15.6 Å². The number of fused-ring (bicyclic) bond motifs is 1. The maximum absolute atomic E-state index is 13.0. The number of hydrogen-bond acceptors (Lipinski definition) is 7. The van der Waals surface area contributed by atoms with E-state index in [1.54, 1.807) is 40.3 Å². The Morgan fingerprint density at radius 2 is 1.95 bits per heavy atom. The van der Waals surface area contributed by atoms with Crippen molar-refractivity contribution in [1.29, 1.82) is 10.5 Å². The fourth-order valence-electron chi connectivity index (χ4n) is 5.36. The van der Waals surface area contributed by atoms with Crippen molar-refractivity contribution in [2.75, 3.05) is 11.4 Å². The minimum atomic E-state index is -0.368. The first-order valence-corrected chi connectivity index (χ1v) is 12.9. The molecule has 11 heteroatoms. The van der Waals surface area contributed by atoms with Crippen LogP contribution in [-0.2, 0) is 4.79 Å². The van der Waals surface area contributed by atoms with E-state index >= 15 is 0 Å². The molecule has 2 saturated carbocycles. The van der Waals surface area contributed by atoms with Crippen molar-refractivity contribution < 1.29 is 9.59 Å². The molecule has 0 unspecified atom stereocenters. The van der Waals surface area contributed by atoms with Gasteiger partial charge in [0.05, 0.1) is 23.2 Å². The molecule has 3 aliphatic rings. The maximum Gasteiger partial charge on any atom is 0.256 e. The predicted octanol–water partition coefficient (Wildman–Crippen LogP) is 3.34. The average Bonchev–Trinajstić information content (AvgIpc) is 3.42. The molecule has 2 aromatic heterocycles. The second-order valence-electron chi connectivity index (χ2n) is 10.2. The first-order chi connectivity index (χ1) is 18.4. The van der Waals surface area contributed by atoms with Crippen molar-refractivity contribution in [1.82, 2.24) is 25.1 Å². The van der Waals surface area contributed by atoms with Crippen molar-refractivity contribution in [3.63, 3.8) is 0 Å². The third-order valence-corrected chi connectivity index (χ3v) is 8.07. The lowest BCUT2D eigenvalue weighted by Crippen LogP contribution is -2.43. The SMILES string of the molecule is C[C@@H](c1cnc(N2C[C@H]3C[C@H]3C2=O)nc1)n1cc(C(=O)N[C@H]2C[C@@H](c3cc(Cl)ccc3C#N)C2)c(C#N)n1. The normalized spacial score (nSPS) is 24.1. The average molecular weight is 527 g/mol. The number of nitrogens with zero attached hydrogens (tertiary/aromatic N) is 7. The van der Waals surface area contributed by atoms with E-state index < -0.39 is 0 Å². The number of carbonyl (C=O) groups is 2. The van der Waals surface area contributed by atoms with Gasteiger partial charge in [-0.05, 0) is 61.8 Å². The molecule has 1 aromatic carbocycles. The molecule has 1 aliphatic heterocycles. The summed E-state index contributed by atoms with van der Waals surface area (Å²) < 4.78 is 1.55. The van der Waals surface area contributed by atoms with Crippen LogP contribution >= 0.6 is 11.6 Å². The largest absolute Gasteiger partial charge is 0.349 e. The number of anilines is 1. The summed E-state index contributed by atoms with van der Waals surface area (Å²) in [4.78, 5) is 35.7. The highest BCUT2D eigenvalue weighted by Crippen LogP contribution is 2.46. The molecule has 10 nitrogen and oxygen atoms in total. The maximum atomic E-state index is 13.0. The zero-order chi connectivity index (χ0) is 26.6. The van der Waals surface area contributed by atoms with Gasteiger partial charge in [-0.1, -0.05) is 11.6 Å². The Morgan fingerprint density at radius 1 is 1.18 bits per heavy atom. The first-order valence-electron chi connectivity index (χ1n) is 12.5. The van der Waals surface area contributed by atoms with Gasteiger partial charge in [0.15, 0.2) is 5.69 Å². The first kappa shape index (κ1) is 24.1. The van der Waals surface area contributed by atoms with E-state index in [0.29, 0.717) is 41.8 Å². The van der Waals surface area contributed by atoms with E-state index in [0.717, 1.165) is 17.5 Å².